The Balaban J connectivity index is -0.000000366. The van der Waals surface area contributed by atoms with Crippen molar-refractivity contribution in [3.05, 3.63) is 24.8 Å². The summed E-state index contributed by atoms with van der Waals surface area (Å²) >= 11 is 0. The molecule has 26 heavy (non-hydrogen) atoms. The zero-order valence-electron chi connectivity index (χ0n) is 16.4. The fraction of sp³-hybridized carbons (Fsp3) is 0.625. The highest BCUT2D eigenvalue weighted by Gasteiger charge is 2.10. The molecule has 0 heterocycles. The van der Waals surface area contributed by atoms with Crippen LogP contribution in [0.3, 0.4) is 0 Å². The molecular weight excluding hydrogens is 362 g/mol. The minimum atomic E-state index is -4.42. The van der Waals surface area contributed by atoms with Crippen molar-refractivity contribution in [3.63, 3.8) is 0 Å². The summed E-state index contributed by atoms with van der Waals surface area (Å²) in [6.07, 6.45) is 2.07. The van der Waals surface area contributed by atoms with E-state index in [1.54, 1.807) is 6.92 Å². The quantitative estimate of drug-likeness (QED) is 0.189. The number of nitrogens with zero attached hydrogens (tertiary/aromatic N) is 1. The van der Waals surface area contributed by atoms with Gasteiger partial charge in [-0.15, -0.1) is 0 Å². The van der Waals surface area contributed by atoms with Gasteiger partial charge in [-0.05, 0) is 26.8 Å². The molecule has 10 heteroatoms. The fourth-order valence-corrected chi connectivity index (χ4v) is 1.45. The number of nitrogens with one attached hydrogen (secondary N) is 1. The summed E-state index contributed by atoms with van der Waals surface area (Å²) in [5.74, 6) is -0.517. The van der Waals surface area contributed by atoms with Gasteiger partial charge in [0.1, 0.15) is 0 Å². The number of primary amides is 1. The lowest BCUT2D eigenvalue weighted by Gasteiger charge is -2.28. The minimum absolute atomic E-state index is 0.0354. The first kappa shape index (κ1) is 29.0. The second-order valence-corrected chi connectivity index (χ2v) is 6.84. The Bertz CT molecular complexity index is 544. The van der Waals surface area contributed by atoms with Crippen LogP contribution in [0.25, 0.3) is 0 Å². The van der Waals surface area contributed by atoms with Crippen molar-refractivity contribution in [3.8, 4) is 0 Å². The second-order valence-electron chi connectivity index (χ2n) is 5.79. The van der Waals surface area contributed by atoms with E-state index in [1.807, 2.05) is 0 Å². The largest absolute Gasteiger partial charge is 0.726 e. The standard InChI is InChI=1S/C11H22N2O.C3H5NO.C2H6O4S/c1-6-13(4,5)9-7-8-12-11(14)10(2)3;1-2-3(4)5;1-2-6-7(3,4)5/h2,6-9H2,1,3-5H3;2H,1H2,(H2,4,5);2H2,1H3,(H,3,4,5). The zero-order chi connectivity index (χ0) is 21.4. The van der Waals surface area contributed by atoms with Gasteiger partial charge in [-0.1, -0.05) is 13.2 Å². The van der Waals surface area contributed by atoms with Gasteiger partial charge in [0.2, 0.25) is 22.2 Å². The van der Waals surface area contributed by atoms with E-state index in [9.17, 15) is 22.6 Å². The molecule has 0 aliphatic heterocycles. The minimum Gasteiger partial charge on any atom is -0.726 e. The van der Waals surface area contributed by atoms with Gasteiger partial charge in [0.15, 0.2) is 0 Å². The van der Waals surface area contributed by atoms with E-state index in [0.29, 0.717) is 5.57 Å². The molecule has 2 amide bonds. The number of hydrogen-bond acceptors (Lipinski definition) is 6. The maximum Gasteiger partial charge on any atom is 0.246 e. The van der Waals surface area contributed by atoms with Gasteiger partial charge in [-0.3, -0.25) is 13.8 Å². The average molecular weight is 396 g/mol. The Morgan fingerprint density at radius 3 is 2.00 bits per heavy atom. The molecule has 0 rings (SSSR count). The summed E-state index contributed by atoms with van der Waals surface area (Å²) in [5, 5.41) is 2.83. The van der Waals surface area contributed by atoms with Crippen LogP contribution in [-0.2, 0) is 24.2 Å². The van der Waals surface area contributed by atoms with Crippen LogP contribution < -0.4 is 11.1 Å². The molecule has 3 N–H and O–H groups in total. The second kappa shape index (κ2) is 15.5. The average Bonchev–Trinajstić information content (AvgIpc) is 2.51. The van der Waals surface area contributed by atoms with E-state index in [0.717, 1.165) is 36.6 Å². The predicted octanol–water partition coefficient (Wildman–Crippen LogP) is 0.306. The third-order valence-corrected chi connectivity index (χ3v) is 3.46. The topological polar surface area (TPSA) is 139 Å². The number of hydrogen-bond donors (Lipinski definition) is 2. The molecule has 0 saturated heterocycles. The van der Waals surface area contributed by atoms with E-state index in [2.05, 4.69) is 49.4 Å². The molecule has 0 spiro atoms. The summed E-state index contributed by atoms with van der Waals surface area (Å²) in [7, 11) is -0.0342. The summed E-state index contributed by atoms with van der Waals surface area (Å²) in [5.41, 5.74) is 5.11. The lowest BCUT2D eigenvalue weighted by Crippen LogP contribution is -2.41. The lowest BCUT2D eigenvalue weighted by molar-refractivity contribution is -0.888. The van der Waals surface area contributed by atoms with Gasteiger partial charge in [-0.2, -0.15) is 0 Å². The van der Waals surface area contributed by atoms with Crippen molar-refractivity contribution in [2.75, 3.05) is 40.3 Å². The molecule has 0 aromatic rings. The first-order chi connectivity index (χ1) is 11.7. The van der Waals surface area contributed by atoms with E-state index in [-0.39, 0.29) is 12.5 Å². The smallest absolute Gasteiger partial charge is 0.246 e. The Labute approximate surface area is 157 Å². The molecule has 0 aliphatic rings. The Hall–Kier alpha value is -1.75. The highest BCUT2D eigenvalue weighted by atomic mass is 32.3. The van der Waals surface area contributed by atoms with Crippen LogP contribution in [0.1, 0.15) is 27.2 Å². The monoisotopic (exact) mass is 395 g/mol. The molecule has 0 unspecified atom stereocenters. The van der Waals surface area contributed by atoms with Crippen LogP contribution in [0.2, 0.25) is 0 Å². The molecule has 0 bridgehead atoms. The summed E-state index contributed by atoms with van der Waals surface area (Å²) in [4.78, 5) is 20.6. The first-order valence-electron chi connectivity index (χ1n) is 8.00. The van der Waals surface area contributed by atoms with Gasteiger partial charge in [0, 0.05) is 18.5 Å². The molecular formula is C16H33N3O6S. The highest BCUT2D eigenvalue weighted by Crippen LogP contribution is 1.97. The molecule has 154 valence electrons. The third kappa shape index (κ3) is 27.1. The third-order valence-electron chi connectivity index (χ3n) is 2.93. The van der Waals surface area contributed by atoms with E-state index >= 15 is 0 Å². The highest BCUT2D eigenvalue weighted by molar-refractivity contribution is 7.80. The number of quaternary nitrogens is 1. The summed E-state index contributed by atoms with van der Waals surface area (Å²) in [6.45, 7) is 14.9. The number of amides is 2. The number of rotatable bonds is 9. The van der Waals surface area contributed by atoms with Crippen molar-refractivity contribution in [1.82, 2.24) is 5.32 Å². The van der Waals surface area contributed by atoms with Gasteiger partial charge < -0.3 is 20.1 Å². The Morgan fingerprint density at radius 1 is 1.31 bits per heavy atom. The SMILES string of the molecule is C=C(C)C(=O)NCCC[N+](C)(C)CC.C=CC(N)=O.CCOS(=O)(=O)[O-]. The first-order valence-corrected chi connectivity index (χ1v) is 9.33. The van der Waals surface area contributed by atoms with Gasteiger partial charge in [0.05, 0.1) is 33.8 Å². The molecule has 0 atom stereocenters. The molecule has 0 saturated carbocycles. The maximum atomic E-state index is 11.1. The molecule has 0 fully saturated rings. The number of carbonyl (C=O) groups is 2. The van der Waals surface area contributed by atoms with Crippen LogP contribution in [0.15, 0.2) is 24.8 Å². The maximum absolute atomic E-state index is 11.1. The molecule has 0 aliphatic carbocycles. The van der Waals surface area contributed by atoms with Gasteiger partial charge >= 0.3 is 0 Å². The van der Waals surface area contributed by atoms with E-state index < -0.39 is 16.3 Å². The molecule has 0 aromatic heterocycles. The van der Waals surface area contributed by atoms with Gasteiger partial charge in [-0.25, -0.2) is 8.42 Å². The molecule has 9 nitrogen and oxygen atoms in total. The summed E-state index contributed by atoms with van der Waals surface area (Å²) in [6, 6.07) is 0. The van der Waals surface area contributed by atoms with Crippen LogP contribution in [0, 0.1) is 0 Å². The Kier molecular flexibility index (Phi) is 17.3. The fourth-order valence-electron chi connectivity index (χ4n) is 1.16. The van der Waals surface area contributed by atoms with Crippen molar-refractivity contribution < 1.29 is 31.2 Å². The Morgan fingerprint density at radius 2 is 1.77 bits per heavy atom. The van der Waals surface area contributed by atoms with Crippen molar-refractivity contribution >= 4 is 22.2 Å². The normalized spacial score (nSPS) is 10.4. The van der Waals surface area contributed by atoms with Crippen molar-refractivity contribution in [2.24, 2.45) is 5.73 Å². The summed E-state index contributed by atoms with van der Waals surface area (Å²) < 4.78 is 33.0. The molecule has 0 radical (unpaired) electrons. The van der Waals surface area contributed by atoms with Crippen molar-refractivity contribution in [1.29, 1.82) is 0 Å². The number of carbonyl (C=O) groups excluding carboxylic acids is 2. The zero-order valence-corrected chi connectivity index (χ0v) is 17.2. The molecule has 0 aromatic carbocycles. The van der Waals surface area contributed by atoms with Gasteiger partial charge in [0.25, 0.3) is 0 Å². The lowest BCUT2D eigenvalue weighted by atomic mass is 10.3. The van der Waals surface area contributed by atoms with Crippen LogP contribution in [0.4, 0.5) is 0 Å². The predicted molar refractivity (Wildman–Crippen MR) is 101 cm³/mol. The van der Waals surface area contributed by atoms with E-state index in [4.69, 9.17) is 0 Å². The van der Waals surface area contributed by atoms with Crippen LogP contribution >= 0.6 is 0 Å². The van der Waals surface area contributed by atoms with Crippen LogP contribution in [-0.4, -0.2) is 69.6 Å². The van der Waals surface area contributed by atoms with Crippen LogP contribution in [0.5, 0.6) is 0 Å². The van der Waals surface area contributed by atoms with E-state index in [1.165, 1.54) is 6.92 Å². The van der Waals surface area contributed by atoms with Crippen molar-refractivity contribution in [2.45, 2.75) is 27.2 Å². The number of nitrogens with two attached hydrogens (primary N) is 1.